The van der Waals surface area contributed by atoms with Crippen molar-refractivity contribution >= 4 is 15.5 Å². The largest absolute Gasteiger partial charge is 0.227 e. The molecule has 1 aromatic carbocycles. The molecule has 0 radical (unpaired) electrons. The predicted octanol–water partition coefficient (Wildman–Crippen LogP) is 2.08. The summed E-state index contributed by atoms with van der Waals surface area (Å²) in [7, 11) is -3.06. The summed E-state index contributed by atoms with van der Waals surface area (Å²) in [5.74, 6) is -0.263. The maximum absolute atomic E-state index is 10.7. The van der Waals surface area contributed by atoms with Gasteiger partial charge in [-0.1, -0.05) is 12.1 Å². The Morgan fingerprint density at radius 3 is 2.64 bits per heavy atom. The summed E-state index contributed by atoms with van der Waals surface area (Å²) in [6.45, 7) is 1.94. The Morgan fingerprint density at radius 1 is 1.36 bits per heavy atom. The lowest BCUT2D eigenvalue weighted by molar-refractivity contribution is 0.601. The first-order valence-electron chi connectivity index (χ1n) is 4.09. The Balaban J connectivity index is 2.70. The molecule has 76 valence electrons. The van der Waals surface area contributed by atoms with Gasteiger partial charge in [-0.3, -0.25) is 0 Å². The zero-order chi connectivity index (χ0) is 10.6. The minimum atomic E-state index is -3.06. The quantitative estimate of drug-likeness (QED) is 0.720. The SMILES string of the molecule is Cc1cccc(N=NCS(C)(=O)=O)c1. The molecular formula is C9H12N2O2S. The minimum Gasteiger partial charge on any atom is -0.227 e. The highest BCUT2D eigenvalue weighted by atomic mass is 32.2. The summed E-state index contributed by atoms with van der Waals surface area (Å²) in [4.78, 5) is 0. The van der Waals surface area contributed by atoms with E-state index in [2.05, 4.69) is 10.2 Å². The van der Waals surface area contributed by atoms with Crippen molar-refractivity contribution in [2.45, 2.75) is 6.92 Å². The Kier molecular flexibility index (Phi) is 3.35. The lowest BCUT2D eigenvalue weighted by atomic mass is 10.2. The van der Waals surface area contributed by atoms with Gasteiger partial charge in [0.2, 0.25) is 0 Å². The monoisotopic (exact) mass is 212 g/mol. The molecule has 0 aromatic heterocycles. The molecule has 0 amide bonds. The normalized spacial score (nSPS) is 12.1. The van der Waals surface area contributed by atoms with Crippen molar-refractivity contribution in [1.82, 2.24) is 0 Å². The van der Waals surface area contributed by atoms with Gasteiger partial charge in [0.25, 0.3) is 0 Å². The van der Waals surface area contributed by atoms with Crippen LogP contribution in [-0.2, 0) is 9.84 Å². The summed E-state index contributed by atoms with van der Waals surface area (Å²) < 4.78 is 21.5. The van der Waals surface area contributed by atoms with E-state index in [1.807, 2.05) is 25.1 Å². The van der Waals surface area contributed by atoms with Crippen LogP contribution in [0, 0.1) is 6.92 Å². The van der Waals surface area contributed by atoms with E-state index in [1.165, 1.54) is 0 Å². The maximum atomic E-state index is 10.7. The zero-order valence-electron chi connectivity index (χ0n) is 8.14. The van der Waals surface area contributed by atoms with Crippen LogP contribution in [0.1, 0.15) is 5.56 Å². The van der Waals surface area contributed by atoms with Gasteiger partial charge in [0.15, 0.2) is 15.7 Å². The van der Waals surface area contributed by atoms with Crippen LogP contribution in [0.5, 0.6) is 0 Å². The Hall–Kier alpha value is -1.23. The molecule has 0 aliphatic heterocycles. The molecule has 14 heavy (non-hydrogen) atoms. The van der Waals surface area contributed by atoms with Crippen LogP contribution in [0.25, 0.3) is 0 Å². The van der Waals surface area contributed by atoms with Crippen molar-refractivity contribution in [2.75, 3.05) is 12.1 Å². The zero-order valence-corrected chi connectivity index (χ0v) is 8.95. The predicted molar refractivity (Wildman–Crippen MR) is 55.4 cm³/mol. The second kappa shape index (κ2) is 4.32. The fourth-order valence-corrected chi connectivity index (χ4v) is 1.17. The molecule has 0 saturated heterocycles. The van der Waals surface area contributed by atoms with E-state index in [0.29, 0.717) is 5.69 Å². The van der Waals surface area contributed by atoms with Crippen LogP contribution in [0.3, 0.4) is 0 Å². The van der Waals surface area contributed by atoms with Crippen molar-refractivity contribution in [3.63, 3.8) is 0 Å². The third-order valence-corrected chi connectivity index (χ3v) is 2.06. The molecule has 0 bridgehead atoms. The highest BCUT2D eigenvalue weighted by Crippen LogP contribution is 2.13. The molecule has 1 aromatic rings. The van der Waals surface area contributed by atoms with Gasteiger partial charge in [-0.05, 0) is 24.6 Å². The molecule has 0 fully saturated rings. The highest BCUT2D eigenvalue weighted by Gasteiger charge is 1.98. The van der Waals surface area contributed by atoms with Crippen molar-refractivity contribution < 1.29 is 8.42 Å². The van der Waals surface area contributed by atoms with E-state index in [4.69, 9.17) is 0 Å². The van der Waals surface area contributed by atoms with Gasteiger partial charge in [-0.2, -0.15) is 10.2 Å². The highest BCUT2D eigenvalue weighted by molar-refractivity contribution is 7.90. The van der Waals surface area contributed by atoms with Crippen LogP contribution in [0.2, 0.25) is 0 Å². The average Bonchev–Trinajstić information content (AvgIpc) is 2.01. The van der Waals surface area contributed by atoms with E-state index in [9.17, 15) is 8.42 Å². The van der Waals surface area contributed by atoms with Crippen LogP contribution in [0.4, 0.5) is 5.69 Å². The van der Waals surface area contributed by atoms with E-state index < -0.39 is 9.84 Å². The van der Waals surface area contributed by atoms with Gasteiger partial charge in [-0.15, -0.1) is 0 Å². The number of hydrogen-bond acceptors (Lipinski definition) is 4. The second-order valence-corrected chi connectivity index (χ2v) is 5.24. The number of nitrogens with zero attached hydrogens (tertiary/aromatic N) is 2. The van der Waals surface area contributed by atoms with Crippen molar-refractivity contribution in [2.24, 2.45) is 10.2 Å². The molecule has 0 spiro atoms. The molecule has 1 rings (SSSR count). The molecular weight excluding hydrogens is 200 g/mol. The summed E-state index contributed by atoms with van der Waals surface area (Å²) in [6, 6.07) is 7.41. The molecule has 0 N–H and O–H groups in total. The van der Waals surface area contributed by atoms with Crippen molar-refractivity contribution in [3.05, 3.63) is 29.8 Å². The third kappa shape index (κ3) is 4.13. The van der Waals surface area contributed by atoms with Crippen molar-refractivity contribution in [3.8, 4) is 0 Å². The third-order valence-electron chi connectivity index (χ3n) is 1.48. The number of azo groups is 1. The first-order valence-corrected chi connectivity index (χ1v) is 6.15. The number of benzene rings is 1. The van der Waals surface area contributed by atoms with Crippen LogP contribution in [-0.4, -0.2) is 20.6 Å². The molecule has 0 heterocycles. The Bertz CT molecular complexity index is 438. The van der Waals surface area contributed by atoms with E-state index in [-0.39, 0.29) is 5.88 Å². The number of rotatable bonds is 3. The fraction of sp³-hybridized carbons (Fsp3) is 0.333. The van der Waals surface area contributed by atoms with Gasteiger partial charge in [-0.25, -0.2) is 8.42 Å². The summed E-state index contributed by atoms with van der Waals surface area (Å²) in [6.07, 6.45) is 1.13. The fourth-order valence-electron chi connectivity index (χ4n) is 0.906. The van der Waals surface area contributed by atoms with Gasteiger partial charge in [0.1, 0.15) is 0 Å². The number of hydrogen-bond donors (Lipinski definition) is 0. The van der Waals surface area contributed by atoms with Crippen LogP contribution >= 0.6 is 0 Å². The molecule has 4 nitrogen and oxygen atoms in total. The summed E-state index contributed by atoms with van der Waals surface area (Å²) >= 11 is 0. The Morgan fingerprint density at radius 2 is 2.07 bits per heavy atom. The topological polar surface area (TPSA) is 58.9 Å². The van der Waals surface area contributed by atoms with Gasteiger partial charge in [0, 0.05) is 6.26 Å². The molecule has 0 unspecified atom stereocenters. The summed E-state index contributed by atoms with van der Waals surface area (Å²) in [5.41, 5.74) is 1.74. The van der Waals surface area contributed by atoms with Crippen LogP contribution < -0.4 is 0 Å². The Labute approximate surface area is 83.6 Å². The molecule has 0 aliphatic carbocycles. The van der Waals surface area contributed by atoms with Crippen molar-refractivity contribution in [1.29, 1.82) is 0 Å². The standard InChI is InChI=1S/C9H12N2O2S/c1-8-4-3-5-9(6-8)11-10-7-14(2,12)13/h3-6H,7H2,1-2H3. The molecule has 0 saturated carbocycles. The van der Waals surface area contributed by atoms with E-state index in [0.717, 1.165) is 11.8 Å². The lowest BCUT2D eigenvalue weighted by Gasteiger charge is -1.93. The second-order valence-electron chi connectivity index (χ2n) is 3.14. The molecule has 0 atom stereocenters. The number of aryl methyl sites for hydroxylation is 1. The van der Waals surface area contributed by atoms with E-state index >= 15 is 0 Å². The number of sulfone groups is 1. The summed E-state index contributed by atoms with van der Waals surface area (Å²) in [5, 5.41) is 7.39. The van der Waals surface area contributed by atoms with Gasteiger partial charge < -0.3 is 0 Å². The van der Waals surface area contributed by atoms with Gasteiger partial charge >= 0.3 is 0 Å². The molecule has 5 heteroatoms. The molecule has 0 aliphatic rings. The average molecular weight is 212 g/mol. The van der Waals surface area contributed by atoms with Crippen LogP contribution in [0.15, 0.2) is 34.5 Å². The van der Waals surface area contributed by atoms with Gasteiger partial charge in [0.05, 0.1) is 5.69 Å². The van der Waals surface area contributed by atoms with E-state index in [1.54, 1.807) is 6.07 Å². The smallest absolute Gasteiger partial charge is 0.169 e. The maximum Gasteiger partial charge on any atom is 0.169 e. The minimum absolute atomic E-state index is 0.263. The first-order chi connectivity index (χ1) is 6.47. The first kappa shape index (κ1) is 10.8. The lowest BCUT2D eigenvalue weighted by Crippen LogP contribution is -1.98.